The Kier molecular flexibility index (Phi) is 9.31. The minimum atomic E-state index is 0.0556. The van der Waals surface area contributed by atoms with E-state index < -0.39 is 0 Å². The number of allylic oxidation sites excluding steroid dienone is 1. The van der Waals surface area contributed by atoms with Crippen LogP contribution in [0.2, 0.25) is 0 Å². The second kappa shape index (κ2) is 13.9. The number of fused-ring (bicyclic) bond motifs is 3. The van der Waals surface area contributed by atoms with Gasteiger partial charge in [0.25, 0.3) is 0 Å². The van der Waals surface area contributed by atoms with Gasteiger partial charge in [0.05, 0.1) is 5.69 Å². The molecule has 5 heteroatoms. The average Bonchev–Trinajstić information content (AvgIpc) is 3.55. The summed E-state index contributed by atoms with van der Waals surface area (Å²) in [7, 11) is 0. The third-order valence-electron chi connectivity index (χ3n) is 11.4. The highest BCUT2D eigenvalue weighted by Gasteiger charge is 2.29. The minimum absolute atomic E-state index is 0.0556. The molecule has 0 saturated carbocycles. The molecule has 0 radical (unpaired) electrons. The molecule has 3 heterocycles. The lowest BCUT2D eigenvalue weighted by atomic mass is 9.80. The lowest BCUT2D eigenvalue weighted by molar-refractivity contribution is 0.370. The highest BCUT2D eigenvalue weighted by molar-refractivity contribution is 9.11. The summed E-state index contributed by atoms with van der Waals surface area (Å²) in [4.78, 5) is 6.98. The molecule has 2 aliphatic heterocycles. The van der Waals surface area contributed by atoms with E-state index in [1.807, 2.05) is 6.20 Å². The summed E-state index contributed by atoms with van der Waals surface area (Å²) in [6.45, 7) is 18.0. The van der Waals surface area contributed by atoms with Gasteiger partial charge in [0.1, 0.15) is 6.17 Å². The first kappa shape index (κ1) is 36.3. The fraction of sp³-hybridized carbons (Fsp3) is 0.204. The van der Waals surface area contributed by atoms with Crippen LogP contribution in [0.15, 0.2) is 124 Å². The van der Waals surface area contributed by atoms with E-state index in [1.54, 1.807) is 0 Å². The van der Waals surface area contributed by atoms with Crippen LogP contribution in [0.3, 0.4) is 0 Å². The van der Waals surface area contributed by atoms with Crippen LogP contribution in [0.5, 0.6) is 0 Å². The molecule has 1 atom stereocenters. The average molecular weight is 836 g/mol. The molecule has 1 unspecified atom stereocenters. The van der Waals surface area contributed by atoms with Crippen molar-refractivity contribution in [3.63, 3.8) is 0 Å². The van der Waals surface area contributed by atoms with E-state index in [9.17, 15) is 0 Å². The zero-order chi connectivity index (χ0) is 38.1. The largest absolute Gasteiger partial charge is 0.364 e. The normalized spacial score (nSPS) is 14.8. The second-order valence-corrected chi connectivity index (χ2v) is 17.4. The number of nitrogens with zero attached hydrogens (tertiary/aromatic N) is 2. The van der Waals surface area contributed by atoms with Gasteiger partial charge < -0.3 is 10.2 Å². The Hall–Kier alpha value is -4.71. The fourth-order valence-electron chi connectivity index (χ4n) is 8.32. The Morgan fingerprint density at radius 3 is 1.81 bits per heavy atom. The third-order valence-corrected chi connectivity index (χ3v) is 12.9. The van der Waals surface area contributed by atoms with Gasteiger partial charge in [-0.15, -0.1) is 0 Å². The zero-order valence-corrected chi connectivity index (χ0v) is 35.4. The predicted octanol–water partition coefficient (Wildman–Crippen LogP) is 14.2. The predicted molar refractivity (Wildman–Crippen MR) is 235 cm³/mol. The zero-order valence-electron chi connectivity index (χ0n) is 32.2. The van der Waals surface area contributed by atoms with Crippen molar-refractivity contribution in [2.75, 3.05) is 0 Å². The Balaban J connectivity index is 1.21. The van der Waals surface area contributed by atoms with Crippen LogP contribution in [-0.4, -0.2) is 9.88 Å². The molecule has 5 aromatic carbocycles. The van der Waals surface area contributed by atoms with Gasteiger partial charge >= 0.3 is 0 Å². The summed E-state index contributed by atoms with van der Waals surface area (Å²) in [5, 5.41) is 3.62. The Bertz CT molecular complexity index is 2520. The minimum Gasteiger partial charge on any atom is -0.364 e. The smallest absolute Gasteiger partial charge is 0.129 e. The standard InChI is InChI=1S/C49H45Br2N3/c1-28-27-54-24-22-41-42(48(54)53-28)20-19-40(47(41)51)36-14-10-12-16-39(36)46-31(4)29(2)45(30(3)32(46)5)38-15-11-9-13-35(38)37-18-17-33(25-43(37)50)44-26-34(21-23-52-44)49(6,7)8/h9-27,48,53H,1-8H3. The number of halogens is 2. The van der Waals surface area contributed by atoms with E-state index in [0.29, 0.717) is 0 Å². The van der Waals surface area contributed by atoms with Crippen LogP contribution < -0.4 is 5.32 Å². The molecule has 8 rings (SSSR count). The van der Waals surface area contributed by atoms with E-state index in [1.165, 1.54) is 83.6 Å². The summed E-state index contributed by atoms with van der Waals surface area (Å²) >= 11 is 8.06. The summed E-state index contributed by atoms with van der Waals surface area (Å²) in [6.07, 6.45) is 8.61. The van der Waals surface area contributed by atoms with Crippen molar-refractivity contribution in [2.45, 2.75) is 67.0 Å². The van der Waals surface area contributed by atoms with Gasteiger partial charge in [-0.05, 0) is 158 Å². The summed E-state index contributed by atoms with van der Waals surface area (Å²) in [5.41, 5.74) is 22.2. The summed E-state index contributed by atoms with van der Waals surface area (Å²) in [6, 6.07) is 33.3. The SMILES string of the molecule is CC1=CN2C=Cc3c(ccc(-c4ccccc4-c4c(C)c(C)c(-c5ccccc5-c5ccc(-c6cc(C(C)(C)C)ccn6)cc5Br)c(C)c4C)c3Br)C2N1. The number of rotatable bonds is 5. The second-order valence-electron chi connectivity index (χ2n) is 15.8. The maximum absolute atomic E-state index is 4.74. The molecule has 0 fully saturated rings. The molecule has 3 nitrogen and oxygen atoms in total. The van der Waals surface area contributed by atoms with Crippen molar-refractivity contribution < 1.29 is 0 Å². The van der Waals surface area contributed by atoms with Gasteiger partial charge in [-0.25, -0.2) is 0 Å². The Labute approximate surface area is 337 Å². The molecular formula is C49H45Br2N3. The van der Waals surface area contributed by atoms with E-state index in [4.69, 9.17) is 4.98 Å². The monoisotopic (exact) mass is 833 g/mol. The Morgan fingerprint density at radius 1 is 0.648 bits per heavy atom. The molecule has 54 heavy (non-hydrogen) atoms. The third kappa shape index (κ3) is 6.16. The van der Waals surface area contributed by atoms with E-state index in [0.717, 1.165) is 25.8 Å². The van der Waals surface area contributed by atoms with Crippen LogP contribution in [-0.2, 0) is 5.41 Å². The molecule has 0 aliphatic carbocycles. The van der Waals surface area contributed by atoms with Crippen molar-refractivity contribution in [3.8, 4) is 55.8 Å². The van der Waals surface area contributed by atoms with Crippen LogP contribution in [0.25, 0.3) is 61.8 Å². The van der Waals surface area contributed by atoms with Crippen LogP contribution in [0.1, 0.15) is 72.8 Å². The topological polar surface area (TPSA) is 28.2 Å². The summed E-state index contributed by atoms with van der Waals surface area (Å²) in [5.74, 6) is 0. The van der Waals surface area contributed by atoms with E-state index in [-0.39, 0.29) is 11.6 Å². The maximum Gasteiger partial charge on any atom is 0.129 e. The highest BCUT2D eigenvalue weighted by atomic mass is 79.9. The molecule has 0 bridgehead atoms. The van der Waals surface area contributed by atoms with Crippen LogP contribution in [0, 0.1) is 27.7 Å². The molecule has 270 valence electrons. The van der Waals surface area contributed by atoms with E-state index in [2.05, 4.69) is 207 Å². The van der Waals surface area contributed by atoms with Gasteiger partial charge in [0.2, 0.25) is 0 Å². The number of pyridine rings is 1. The molecule has 6 aromatic rings. The molecule has 1 aromatic heterocycles. The first-order valence-corrected chi connectivity index (χ1v) is 20.2. The summed E-state index contributed by atoms with van der Waals surface area (Å²) < 4.78 is 2.18. The quantitative estimate of drug-likeness (QED) is 0.188. The number of hydrogen-bond acceptors (Lipinski definition) is 3. The van der Waals surface area contributed by atoms with Crippen molar-refractivity contribution in [2.24, 2.45) is 0 Å². The lowest BCUT2D eigenvalue weighted by Crippen LogP contribution is -2.26. The van der Waals surface area contributed by atoms with Gasteiger partial charge in [-0.1, -0.05) is 109 Å². The number of nitrogens with one attached hydrogen (secondary N) is 1. The number of aromatic nitrogens is 1. The van der Waals surface area contributed by atoms with E-state index >= 15 is 0 Å². The van der Waals surface area contributed by atoms with Crippen molar-refractivity contribution in [1.82, 2.24) is 15.2 Å². The van der Waals surface area contributed by atoms with Gasteiger partial charge in [0, 0.05) is 44.4 Å². The fourth-order valence-corrected chi connectivity index (χ4v) is 9.62. The molecule has 0 saturated heterocycles. The van der Waals surface area contributed by atoms with Gasteiger partial charge in [-0.3, -0.25) is 4.98 Å². The number of benzene rings is 5. The first-order valence-electron chi connectivity index (χ1n) is 18.6. The van der Waals surface area contributed by atoms with Crippen molar-refractivity contribution in [3.05, 3.63) is 163 Å². The van der Waals surface area contributed by atoms with Gasteiger partial charge in [0.15, 0.2) is 0 Å². The number of hydrogen-bond donors (Lipinski definition) is 1. The molecule has 0 amide bonds. The van der Waals surface area contributed by atoms with Crippen LogP contribution in [0.4, 0.5) is 0 Å². The van der Waals surface area contributed by atoms with Crippen molar-refractivity contribution in [1.29, 1.82) is 0 Å². The molecule has 0 spiro atoms. The lowest BCUT2D eigenvalue weighted by Gasteiger charge is -2.29. The first-order chi connectivity index (χ1) is 25.8. The Morgan fingerprint density at radius 2 is 1.22 bits per heavy atom. The van der Waals surface area contributed by atoms with Crippen LogP contribution >= 0.6 is 31.9 Å². The van der Waals surface area contributed by atoms with Crippen molar-refractivity contribution >= 4 is 37.9 Å². The molecule has 2 aliphatic rings. The maximum atomic E-state index is 4.74. The highest BCUT2D eigenvalue weighted by Crippen LogP contribution is 2.48. The molecule has 1 N–H and O–H groups in total. The van der Waals surface area contributed by atoms with Gasteiger partial charge in [-0.2, -0.15) is 0 Å². The molecular weight excluding hydrogens is 790 g/mol.